The van der Waals surface area contributed by atoms with Crippen LogP contribution in [0.3, 0.4) is 0 Å². The van der Waals surface area contributed by atoms with E-state index < -0.39 is 0 Å². The fraction of sp³-hybridized carbons (Fsp3) is 0.333. The van der Waals surface area contributed by atoms with E-state index in [1.54, 1.807) is 0 Å². The molecule has 0 spiro atoms. The number of anilines is 2. The minimum Gasteiger partial charge on any atom is -0.351 e. The van der Waals surface area contributed by atoms with E-state index in [1.807, 2.05) is 55.5 Å². The average molecular weight is 366 g/mol. The van der Waals surface area contributed by atoms with Gasteiger partial charge in [-0.25, -0.2) is 4.79 Å². The first kappa shape index (κ1) is 18.9. The molecular formula is C21H26N4O2. The zero-order valence-corrected chi connectivity index (χ0v) is 15.5. The second kappa shape index (κ2) is 9.19. The molecule has 3 rings (SSSR count). The standard InChI is InChI=1S/C21H26N4O2/c1-15-6-4-8-17(12-15)24-21(27)25-18-9-5-7-16(13-18)14-23-20(26)19-10-2-3-11-22-19/h4-9,12-13,19,22H,2-3,10-11,14H2,1H3,(H,23,26)(H2,24,25,27). The van der Waals surface area contributed by atoms with Gasteiger partial charge in [-0.2, -0.15) is 0 Å². The third-order valence-corrected chi connectivity index (χ3v) is 4.55. The minimum atomic E-state index is -0.298. The molecule has 1 unspecified atom stereocenters. The van der Waals surface area contributed by atoms with E-state index >= 15 is 0 Å². The Morgan fingerprint density at radius 1 is 1.04 bits per heavy atom. The maximum atomic E-state index is 12.2. The molecule has 142 valence electrons. The van der Waals surface area contributed by atoms with E-state index in [9.17, 15) is 9.59 Å². The summed E-state index contributed by atoms with van der Waals surface area (Å²) in [6.07, 6.45) is 3.09. The summed E-state index contributed by atoms with van der Waals surface area (Å²) in [6, 6.07) is 14.7. The van der Waals surface area contributed by atoms with Crippen molar-refractivity contribution in [1.82, 2.24) is 10.6 Å². The quantitative estimate of drug-likeness (QED) is 0.655. The van der Waals surface area contributed by atoms with Crippen LogP contribution in [0.15, 0.2) is 48.5 Å². The smallest absolute Gasteiger partial charge is 0.323 e. The van der Waals surface area contributed by atoms with Gasteiger partial charge in [0.25, 0.3) is 0 Å². The van der Waals surface area contributed by atoms with Crippen molar-refractivity contribution in [3.05, 3.63) is 59.7 Å². The summed E-state index contributed by atoms with van der Waals surface area (Å²) in [5.74, 6) is 0.0326. The Kier molecular flexibility index (Phi) is 6.44. The lowest BCUT2D eigenvalue weighted by Crippen LogP contribution is -2.46. The van der Waals surface area contributed by atoms with Crippen LogP contribution >= 0.6 is 0 Å². The maximum absolute atomic E-state index is 12.2. The largest absolute Gasteiger partial charge is 0.351 e. The molecule has 1 aliphatic rings. The van der Waals surface area contributed by atoms with Crippen LogP contribution in [0.4, 0.5) is 16.2 Å². The number of carbonyl (C=O) groups excluding carboxylic acids is 2. The van der Waals surface area contributed by atoms with Gasteiger partial charge in [0, 0.05) is 17.9 Å². The second-order valence-corrected chi connectivity index (χ2v) is 6.87. The molecule has 0 bridgehead atoms. The van der Waals surface area contributed by atoms with Crippen LogP contribution in [0, 0.1) is 6.92 Å². The predicted octanol–water partition coefficient (Wildman–Crippen LogP) is 3.40. The third kappa shape index (κ3) is 5.82. The summed E-state index contributed by atoms with van der Waals surface area (Å²) in [7, 11) is 0. The molecule has 6 nitrogen and oxygen atoms in total. The van der Waals surface area contributed by atoms with Gasteiger partial charge < -0.3 is 21.3 Å². The lowest BCUT2D eigenvalue weighted by Gasteiger charge is -2.22. The molecule has 2 aromatic rings. The fourth-order valence-corrected chi connectivity index (χ4v) is 3.16. The molecular weight excluding hydrogens is 340 g/mol. The number of aryl methyl sites for hydroxylation is 1. The van der Waals surface area contributed by atoms with Crippen LogP contribution in [-0.4, -0.2) is 24.5 Å². The normalized spacial score (nSPS) is 16.4. The molecule has 6 heteroatoms. The second-order valence-electron chi connectivity index (χ2n) is 6.87. The first-order chi connectivity index (χ1) is 13.1. The first-order valence-corrected chi connectivity index (χ1v) is 9.35. The average Bonchev–Trinajstić information content (AvgIpc) is 2.67. The Morgan fingerprint density at radius 2 is 1.78 bits per heavy atom. The molecule has 0 aliphatic carbocycles. The maximum Gasteiger partial charge on any atom is 0.323 e. The molecule has 0 saturated carbocycles. The highest BCUT2D eigenvalue weighted by Crippen LogP contribution is 2.14. The van der Waals surface area contributed by atoms with Crippen molar-refractivity contribution < 1.29 is 9.59 Å². The Labute approximate surface area is 159 Å². The van der Waals surface area contributed by atoms with Crippen LogP contribution in [-0.2, 0) is 11.3 Å². The molecule has 1 fully saturated rings. The molecule has 1 heterocycles. The molecule has 1 saturated heterocycles. The molecule has 1 atom stereocenters. The summed E-state index contributed by atoms with van der Waals surface area (Å²) in [4.78, 5) is 24.4. The highest BCUT2D eigenvalue weighted by molar-refractivity contribution is 5.99. The lowest BCUT2D eigenvalue weighted by molar-refractivity contribution is -0.123. The number of hydrogen-bond donors (Lipinski definition) is 4. The summed E-state index contributed by atoms with van der Waals surface area (Å²) >= 11 is 0. The monoisotopic (exact) mass is 366 g/mol. The number of hydrogen-bond acceptors (Lipinski definition) is 3. The van der Waals surface area contributed by atoms with E-state index in [4.69, 9.17) is 0 Å². The van der Waals surface area contributed by atoms with Gasteiger partial charge in [0.05, 0.1) is 6.04 Å². The van der Waals surface area contributed by atoms with Gasteiger partial charge in [-0.05, 0) is 61.7 Å². The van der Waals surface area contributed by atoms with Crippen molar-refractivity contribution in [3.63, 3.8) is 0 Å². The van der Waals surface area contributed by atoms with E-state index in [1.165, 1.54) is 0 Å². The van der Waals surface area contributed by atoms with E-state index in [0.29, 0.717) is 12.2 Å². The molecule has 0 aromatic heterocycles. The highest BCUT2D eigenvalue weighted by Gasteiger charge is 2.19. The third-order valence-electron chi connectivity index (χ3n) is 4.55. The number of piperidine rings is 1. The number of urea groups is 1. The Bertz CT molecular complexity index is 800. The molecule has 4 N–H and O–H groups in total. The topological polar surface area (TPSA) is 82.3 Å². The molecule has 0 radical (unpaired) electrons. The number of nitrogens with one attached hydrogen (secondary N) is 4. The number of amides is 3. The zero-order valence-electron chi connectivity index (χ0n) is 15.5. The molecule has 3 amide bonds. The van der Waals surface area contributed by atoms with Crippen molar-refractivity contribution in [2.75, 3.05) is 17.2 Å². The van der Waals surface area contributed by atoms with E-state index in [2.05, 4.69) is 21.3 Å². The first-order valence-electron chi connectivity index (χ1n) is 9.35. The van der Waals surface area contributed by atoms with Crippen LogP contribution in [0.2, 0.25) is 0 Å². The van der Waals surface area contributed by atoms with Gasteiger partial charge in [0.2, 0.25) is 5.91 Å². The van der Waals surface area contributed by atoms with Gasteiger partial charge >= 0.3 is 6.03 Å². The fourth-order valence-electron chi connectivity index (χ4n) is 3.16. The van der Waals surface area contributed by atoms with Crippen molar-refractivity contribution >= 4 is 23.3 Å². The highest BCUT2D eigenvalue weighted by atomic mass is 16.2. The van der Waals surface area contributed by atoms with Crippen molar-refractivity contribution in [3.8, 4) is 0 Å². The Morgan fingerprint density at radius 3 is 2.48 bits per heavy atom. The van der Waals surface area contributed by atoms with Gasteiger partial charge in [-0.15, -0.1) is 0 Å². The predicted molar refractivity (Wildman–Crippen MR) is 108 cm³/mol. The van der Waals surface area contributed by atoms with E-state index in [0.717, 1.165) is 42.6 Å². The zero-order chi connectivity index (χ0) is 19.1. The Hall–Kier alpha value is -2.86. The van der Waals surface area contributed by atoms with Gasteiger partial charge in [0.15, 0.2) is 0 Å². The number of rotatable bonds is 5. The molecule has 1 aliphatic heterocycles. The lowest BCUT2D eigenvalue weighted by atomic mass is 10.0. The number of benzene rings is 2. The minimum absolute atomic E-state index is 0.0326. The van der Waals surface area contributed by atoms with Crippen LogP contribution in [0.1, 0.15) is 30.4 Å². The Balaban J connectivity index is 1.52. The summed E-state index contributed by atoms with van der Waals surface area (Å²) in [5.41, 5.74) is 3.45. The summed E-state index contributed by atoms with van der Waals surface area (Å²) in [6.45, 7) is 3.31. The summed E-state index contributed by atoms with van der Waals surface area (Å²) < 4.78 is 0. The van der Waals surface area contributed by atoms with Crippen molar-refractivity contribution in [2.45, 2.75) is 38.8 Å². The van der Waals surface area contributed by atoms with Gasteiger partial charge in [-0.1, -0.05) is 30.7 Å². The van der Waals surface area contributed by atoms with Gasteiger partial charge in [-0.3, -0.25) is 4.79 Å². The van der Waals surface area contributed by atoms with Crippen molar-refractivity contribution in [2.24, 2.45) is 0 Å². The van der Waals surface area contributed by atoms with E-state index in [-0.39, 0.29) is 18.0 Å². The number of carbonyl (C=O) groups is 2. The van der Waals surface area contributed by atoms with Crippen molar-refractivity contribution in [1.29, 1.82) is 0 Å². The molecule has 27 heavy (non-hydrogen) atoms. The van der Waals surface area contributed by atoms with Gasteiger partial charge in [0.1, 0.15) is 0 Å². The van der Waals surface area contributed by atoms with Crippen LogP contribution in [0.5, 0.6) is 0 Å². The van der Waals surface area contributed by atoms with Crippen LogP contribution in [0.25, 0.3) is 0 Å². The van der Waals surface area contributed by atoms with Crippen LogP contribution < -0.4 is 21.3 Å². The molecule has 2 aromatic carbocycles. The SMILES string of the molecule is Cc1cccc(NC(=O)Nc2cccc(CNC(=O)C3CCCCN3)c2)c1. The summed E-state index contributed by atoms with van der Waals surface area (Å²) in [5, 5.41) is 11.8.